The van der Waals surface area contributed by atoms with E-state index < -0.39 is 0 Å². The van der Waals surface area contributed by atoms with Gasteiger partial charge in [0.05, 0.1) is 12.2 Å². The van der Waals surface area contributed by atoms with Crippen LogP contribution in [-0.2, 0) is 0 Å². The maximum atomic E-state index is 13.3. The number of rotatable bonds is 0. The van der Waals surface area contributed by atoms with Gasteiger partial charge >= 0.3 is 0 Å². The minimum atomic E-state index is -0.386. The molecule has 1 aromatic rings. The van der Waals surface area contributed by atoms with Gasteiger partial charge in [-0.3, -0.25) is 0 Å². The number of para-hydroxylation sites is 1. The topological polar surface area (TPSA) is 38.5 Å². The van der Waals surface area contributed by atoms with Gasteiger partial charge in [-0.25, -0.2) is 4.39 Å². The Hall–Kier alpha value is -1.36. The molecule has 0 radical (unpaired) electrons. The van der Waals surface area contributed by atoms with E-state index in [9.17, 15) is 4.39 Å². The van der Waals surface area contributed by atoms with Gasteiger partial charge in [-0.1, -0.05) is 6.07 Å². The highest BCUT2D eigenvalue weighted by atomic mass is 32.1. The Morgan fingerprint density at radius 2 is 2.36 bits per heavy atom. The molecule has 1 heterocycles. The Labute approximate surface area is 86.3 Å². The molecule has 0 saturated carbocycles. The number of halogens is 1. The van der Waals surface area contributed by atoms with Crippen LogP contribution in [0.3, 0.4) is 0 Å². The van der Waals surface area contributed by atoms with Crippen LogP contribution in [0.1, 0.15) is 0 Å². The van der Waals surface area contributed by atoms with Gasteiger partial charge in [-0.2, -0.15) is 0 Å². The van der Waals surface area contributed by atoms with Crippen LogP contribution in [0.25, 0.3) is 0 Å². The Morgan fingerprint density at radius 1 is 1.57 bits per heavy atom. The predicted molar refractivity (Wildman–Crippen MR) is 56.0 cm³/mol. The molecule has 2 N–H and O–H groups in total. The summed E-state index contributed by atoms with van der Waals surface area (Å²) in [6.45, 7) is 0.955. The number of benzene rings is 1. The smallest absolute Gasteiger partial charge is 0.178 e. The molecule has 0 fully saturated rings. The summed E-state index contributed by atoms with van der Waals surface area (Å²) in [5, 5.41) is 0.236. The molecule has 74 valence electrons. The van der Waals surface area contributed by atoms with Gasteiger partial charge in [0.1, 0.15) is 6.61 Å². The van der Waals surface area contributed by atoms with Crippen molar-refractivity contribution in [2.75, 3.05) is 18.1 Å². The van der Waals surface area contributed by atoms with E-state index in [4.69, 9.17) is 22.7 Å². The number of nitrogens with zero attached hydrogens (tertiary/aromatic N) is 1. The van der Waals surface area contributed by atoms with E-state index in [1.807, 2.05) is 0 Å². The van der Waals surface area contributed by atoms with E-state index in [-0.39, 0.29) is 16.7 Å². The molecular formula is C9H9FN2OS. The van der Waals surface area contributed by atoms with Crippen molar-refractivity contribution in [2.24, 2.45) is 5.73 Å². The molecule has 1 aliphatic rings. The summed E-state index contributed by atoms with van der Waals surface area (Å²) in [6.07, 6.45) is 0. The molecule has 0 saturated heterocycles. The van der Waals surface area contributed by atoms with Gasteiger partial charge in [-0.05, 0) is 24.4 Å². The van der Waals surface area contributed by atoms with Crippen LogP contribution in [0.2, 0.25) is 0 Å². The summed E-state index contributed by atoms with van der Waals surface area (Å²) in [4.78, 5) is 1.66. The summed E-state index contributed by atoms with van der Waals surface area (Å²) >= 11 is 4.86. The number of thiocarbonyl (C=S) groups is 1. The molecule has 0 atom stereocenters. The molecule has 1 aliphatic heterocycles. The number of fused-ring (bicyclic) bond motifs is 1. The van der Waals surface area contributed by atoms with Crippen LogP contribution in [0.5, 0.6) is 5.75 Å². The first kappa shape index (κ1) is 9.21. The number of anilines is 1. The van der Waals surface area contributed by atoms with Gasteiger partial charge in [0.15, 0.2) is 16.7 Å². The van der Waals surface area contributed by atoms with Crippen molar-refractivity contribution in [2.45, 2.75) is 0 Å². The highest BCUT2D eigenvalue weighted by Crippen LogP contribution is 2.33. The minimum Gasteiger partial charge on any atom is -0.486 e. The molecule has 0 spiro atoms. The molecule has 5 heteroatoms. The zero-order valence-corrected chi connectivity index (χ0v) is 8.18. The van der Waals surface area contributed by atoms with E-state index in [0.29, 0.717) is 18.8 Å². The van der Waals surface area contributed by atoms with Crippen LogP contribution in [0.4, 0.5) is 10.1 Å². The van der Waals surface area contributed by atoms with Crippen LogP contribution in [0, 0.1) is 5.82 Å². The standard InChI is InChI=1S/C9H9FN2OS/c10-6-2-1-3-7-8(6)13-5-4-12(7)9(11)14/h1-3H,4-5H2,(H2,11,14). The van der Waals surface area contributed by atoms with Crippen molar-refractivity contribution in [1.29, 1.82) is 0 Å². The van der Waals surface area contributed by atoms with Gasteiger partial charge < -0.3 is 15.4 Å². The molecule has 0 amide bonds. The van der Waals surface area contributed by atoms with Crippen LogP contribution in [0.15, 0.2) is 18.2 Å². The van der Waals surface area contributed by atoms with Gasteiger partial charge in [0.2, 0.25) is 0 Å². The normalized spacial score (nSPS) is 14.5. The second kappa shape index (κ2) is 3.42. The van der Waals surface area contributed by atoms with Crippen molar-refractivity contribution < 1.29 is 9.13 Å². The number of nitrogens with two attached hydrogens (primary N) is 1. The molecule has 3 nitrogen and oxygen atoms in total. The van der Waals surface area contributed by atoms with Crippen molar-refractivity contribution >= 4 is 23.0 Å². The Bertz CT molecular complexity index is 383. The summed E-state index contributed by atoms with van der Waals surface area (Å²) in [6, 6.07) is 4.69. The fourth-order valence-corrected chi connectivity index (χ4v) is 1.63. The second-order valence-electron chi connectivity index (χ2n) is 2.93. The first-order chi connectivity index (χ1) is 6.70. The summed E-state index contributed by atoms with van der Waals surface area (Å²) in [5.74, 6) is -0.157. The van der Waals surface area contributed by atoms with Crippen molar-refractivity contribution in [1.82, 2.24) is 0 Å². The average Bonchev–Trinajstić information content (AvgIpc) is 2.17. The van der Waals surface area contributed by atoms with E-state index in [0.717, 1.165) is 0 Å². The van der Waals surface area contributed by atoms with Crippen molar-refractivity contribution in [3.05, 3.63) is 24.0 Å². The third-order valence-electron chi connectivity index (χ3n) is 2.06. The van der Waals surface area contributed by atoms with Gasteiger partial charge in [-0.15, -0.1) is 0 Å². The molecule has 1 aromatic carbocycles. The number of hydrogen-bond acceptors (Lipinski definition) is 2. The Kier molecular flexibility index (Phi) is 2.25. The second-order valence-corrected chi connectivity index (χ2v) is 3.34. The lowest BCUT2D eigenvalue weighted by molar-refractivity contribution is 0.299. The van der Waals surface area contributed by atoms with E-state index in [2.05, 4.69) is 0 Å². The monoisotopic (exact) mass is 212 g/mol. The Morgan fingerprint density at radius 3 is 3.07 bits per heavy atom. The third-order valence-corrected chi connectivity index (χ3v) is 2.28. The highest BCUT2D eigenvalue weighted by molar-refractivity contribution is 7.80. The van der Waals surface area contributed by atoms with Gasteiger partial charge in [0, 0.05) is 0 Å². The van der Waals surface area contributed by atoms with E-state index >= 15 is 0 Å². The fourth-order valence-electron chi connectivity index (χ4n) is 1.44. The molecule has 2 rings (SSSR count). The lowest BCUT2D eigenvalue weighted by Gasteiger charge is -2.29. The maximum Gasteiger partial charge on any atom is 0.178 e. The highest BCUT2D eigenvalue weighted by Gasteiger charge is 2.22. The van der Waals surface area contributed by atoms with E-state index in [1.165, 1.54) is 6.07 Å². The lowest BCUT2D eigenvalue weighted by atomic mass is 10.2. The summed E-state index contributed by atoms with van der Waals surface area (Å²) in [5.41, 5.74) is 6.11. The van der Waals surface area contributed by atoms with Crippen LogP contribution in [-0.4, -0.2) is 18.3 Å². The predicted octanol–water partition coefficient (Wildman–Crippen LogP) is 1.27. The molecule has 0 bridgehead atoms. The molecule has 14 heavy (non-hydrogen) atoms. The molecular weight excluding hydrogens is 203 g/mol. The molecule has 0 aromatic heterocycles. The third kappa shape index (κ3) is 1.39. The number of ether oxygens (including phenoxy) is 1. The Balaban J connectivity index is 2.49. The largest absolute Gasteiger partial charge is 0.486 e. The maximum absolute atomic E-state index is 13.3. The summed E-state index contributed by atoms with van der Waals surface area (Å²) in [7, 11) is 0. The van der Waals surface area contributed by atoms with Crippen molar-refractivity contribution in [3.8, 4) is 5.75 Å². The van der Waals surface area contributed by atoms with E-state index in [1.54, 1.807) is 17.0 Å². The minimum absolute atomic E-state index is 0.228. The van der Waals surface area contributed by atoms with Crippen LogP contribution < -0.4 is 15.4 Å². The zero-order valence-electron chi connectivity index (χ0n) is 7.37. The lowest BCUT2D eigenvalue weighted by Crippen LogP contribution is -2.41. The summed E-state index contributed by atoms with van der Waals surface area (Å²) < 4.78 is 18.5. The van der Waals surface area contributed by atoms with Crippen molar-refractivity contribution in [3.63, 3.8) is 0 Å². The SMILES string of the molecule is NC(=S)N1CCOc2c(F)cccc21. The van der Waals surface area contributed by atoms with Crippen LogP contribution >= 0.6 is 12.2 Å². The first-order valence-electron chi connectivity index (χ1n) is 4.18. The number of hydrogen-bond donors (Lipinski definition) is 1. The fraction of sp³-hybridized carbons (Fsp3) is 0.222. The quantitative estimate of drug-likeness (QED) is 0.657. The molecule has 0 unspecified atom stereocenters. The average molecular weight is 212 g/mol. The van der Waals surface area contributed by atoms with Gasteiger partial charge in [0.25, 0.3) is 0 Å². The first-order valence-corrected chi connectivity index (χ1v) is 4.59. The zero-order chi connectivity index (χ0) is 10.1. The molecule has 0 aliphatic carbocycles.